The van der Waals surface area contributed by atoms with Crippen molar-refractivity contribution < 1.29 is 4.79 Å². The quantitative estimate of drug-likeness (QED) is 0.578. The predicted octanol–water partition coefficient (Wildman–Crippen LogP) is -0.170. The number of terminal acetylenes is 1. The van der Waals surface area contributed by atoms with Crippen molar-refractivity contribution in [3.8, 4) is 12.3 Å². The van der Waals surface area contributed by atoms with Gasteiger partial charge in [0.25, 0.3) is 0 Å². The van der Waals surface area contributed by atoms with Gasteiger partial charge < -0.3 is 10.2 Å². The summed E-state index contributed by atoms with van der Waals surface area (Å²) in [5.41, 5.74) is 0. The van der Waals surface area contributed by atoms with Crippen LogP contribution in [0.2, 0.25) is 0 Å². The molecular weight excluding hydrogens is 152 g/mol. The summed E-state index contributed by atoms with van der Waals surface area (Å²) in [4.78, 5) is 13.0. The van der Waals surface area contributed by atoms with E-state index in [9.17, 15) is 4.79 Å². The Balaban J connectivity index is 2.40. The van der Waals surface area contributed by atoms with E-state index in [4.69, 9.17) is 6.42 Å². The van der Waals surface area contributed by atoms with Crippen LogP contribution in [-0.2, 0) is 4.79 Å². The maximum atomic E-state index is 11.3. The molecule has 1 fully saturated rings. The van der Waals surface area contributed by atoms with Crippen LogP contribution in [0.25, 0.3) is 0 Å². The lowest BCUT2D eigenvalue weighted by Gasteiger charge is -2.22. The molecule has 1 aliphatic rings. The zero-order valence-electron chi connectivity index (χ0n) is 7.34. The first-order valence-corrected chi connectivity index (χ1v) is 4.15. The van der Waals surface area contributed by atoms with Crippen LogP contribution >= 0.6 is 0 Å². The van der Waals surface area contributed by atoms with E-state index in [2.05, 4.69) is 11.2 Å². The number of nitrogens with zero attached hydrogens (tertiary/aromatic N) is 1. The molecule has 0 radical (unpaired) electrons. The van der Waals surface area contributed by atoms with Crippen LogP contribution < -0.4 is 5.32 Å². The normalized spacial score (nSPS) is 21.8. The fourth-order valence-corrected chi connectivity index (χ4v) is 1.39. The number of hydrogen-bond donors (Lipinski definition) is 1. The van der Waals surface area contributed by atoms with E-state index in [0.717, 1.165) is 19.5 Å². The van der Waals surface area contributed by atoms with Crippen LogP contribution in [0.5, 0.6) is 0 Å². The number of nitrogens with one attached hydrogen (secondary N) is 1. The van der Waals surface area contributed by atoms with Gasteiger partial charge in [-0.2, -0.15) is 0 Å². The first kappa shape index (κ1) is 9.08. The van der Waals surface area contributed by atoms with Gasteiger partial charge in [0.05, 0.1) is 6.42 Å². The topological polar surface area (TPSA) is 32.3 Å². The molecule has 1 saturated heterocycles. The molecule has 1 heterocycles. The monoisotopic (exact) mass is 166 g/mol. The number of hydrogen-bond acceptors (Lipinski definition) is 2. The van der Waals surface area contributed by atoms with Gasteiger partial charge in [-0.3, -0.25) is 4.79 Å². The second kappa shape index (κ2) is 4.13. The van der Waals surface area contributed by atoms with Crippen LogP contribution in [-0.4, -0.2) is 37.0 Å². The third-order valence-electron chi connectivity index (χ3n) is 2.23. The van der Waals surface area contributed by atoms with Crippen LogP contribution in [0.4, 0.5) is 0 Å². The molecule has 12 heavy (non-hydrogen) atoms. The van der Waals surface area contributed by atoms with Crippen molar-refractivity contribution >= 4 is 5.91 Å². The Morgan fingerprint density at radius 1 is 1.83 bits per heavy atom. The lowest BCUT2D eigenvalue weighted by atomic mass is 10.2. The van der Waals surface area contributed by atoms with E-state index < -0.39 is 0 Å². The number of rotatable bonds is 2. The summed E-state index contributed by atoms with van der Waals surface area (Å²) in [7, 11) is 1.82. The highest BCUT2D eigenvalue weighted by Crippen LogP contribution is 2.06. The summed E-state index contributed by atoms with van der Waals surface area (Å²) in [6.45, 7) is 1.89. The molecular formula is C9H14N2O. The van der Waals surface area contributed by atoms with E-state index in [0.29, 0.717) is 6.04 Å². The van der Waals surface area contributed by atoms with Crippen molar-refractivity contribution in [3.63, 3.8) is 0 Å². The van der Waals surface area contributed by atoms with E-state index in [1.54, 1.807) is 4.90 Å². The van der Waals surface area contributed by atoms with E-state index in [-0.39, 0.29) is 12.3 Å². The van der Waals surface area contributed by atoms with Crippen molar-refractivity contribution in [2.45, 2.75) is 18.9 Å². The minimum Gasteiger partial charge on any atom is -0.341 e. The highest BCUT2D eigenvalue weighted by Gasteiger charge is 2.21. The zero-order chi connectivity index (χ0) is 8.97. The Labute approximate surface area is 73.1 Å². The first-order chi connectivity index (χ1) is 5.75. The second-order valence-electron chi connectivity index (χ2n) is 3.03. The minimum absolute atomic E-state index is 0.0474. The van der Waals surface area contributed by atoms with Gasteiger partial charge in [-0.1, -0.05) is 5.92 Å². The summed E-state index contributed by atoms with van der Waals surface area (Å²) in [5, 5.41) is 3.20. The average Bonchev–Trinajstić information content (AvgIpc) is 2.55. The number of likely N-dealkylation sites (N-methyl/N-ethyl adjacent to an activating group) is 1. The van der Waals surface area contributed by atoms with Crippen LogP contribution in [0.1, 0.15) is 12.8 Å². The summed E-state index contributed by atoms with van der Waals surface area (Å²) < 4.78 is 0. The third-order valence-corrected chi connectivity index (χ3v) is 2.23. The van der Waals surface area contributed by atoms with Gasteiger partial charge >= 0.3 is 0 Å². The first-order valence-electron chi connectivity index (χ1n) is 4.15. The molecule has 0 aromatic carbocycles. The largest absolute Gasteiger partial charge is 0.341 e. The van der Waals surface area contributed by atoms with Gasteiger partial charge in [-0.25, -0.2) is 0 Å². The van der Waals surface area contributed by atoms with Gasteiger partial charge in [0, 0.05) is 19.6 Å². The van der Waals surface area contributed by atoms with E-state index in [1.807, 2.05) is 7.05 Å². The summed E-state index contributed by atoms with van der Waals surface area (Å²) in [5.74, 6) is 2.41. The molecule has 0 aromatic rings. The van der Waals surface area contributed by atoms with Crippen molar-refractivity contribution in [2.75, 3.05) is 20.1 Å². The molecule has 1 rings (SSSR count). The van der Waals surface area contributed by atoms with Gasteiger partial charge in [0.2, 0.25) is 5.91 Å². The lowest BCUT2D eigenvalue weighted by Crippen LogP contribution is -2.38. The number of amides is 1. The Bertz CT molecular complexity index is 201. The van der Waals surface area contributed by atoms with Crippen LogP contribution in [0.15, 0.2) is 0 Å². The molecule has 0 aromatic heterocycles. The molecule has 1 N–H and O–H groups in total. The lowest BCUT2D eigenvalue weighted by molar-refractivity contribution is -0.130. The summed E-state index contributed by atoms with van der Waals surface area (Å²) in [6, 6.07) is 0.339. The van der Waals surface area contributed by atoms with Gasteiger partial charge in [-0.15, -0.1) is 6.42 Å². The summed E-state index contributed by atoms with van der Waals surface area (Å²) in [6.07, 6.45) is 6.30. The number of carbonyl (C=O) groups excluding carboxylic acids is 1. The molecule has 3 heteroatoms. The fourth-order valence-electron chi connectivity index (χ4n) is 1.39. The second-order valence-corrected chi connectivity index (χ2v) is 3.03. The van der Waals surface area contributed by atoms with E-state index >= 15 is 0 Å². The SMILES string of the molecule is C#CCC(=O)N(C)C1CCNC1. The average molecular weight is 166 g/mol. The predicted molar refractivity (Wildman–Crippen MR) is 47.5 cm³/mol. The van der Waals surface area contributed by atoms with Crippen molar-refractivity contribution in [1.82, 2.24) is 10.2 Å². The molecule has 66 valence electrons. The Hall–Kier alpha value is -1.01. The highest BCUT2D eigenvalue weighted by molar-refractivity contribution is 5.78. The molecule has 1 unspecified atom stereocenters. The van der Waals surface area contributed by atoms with Gasteiger partial charge in [0.15, 0.2) is 0 Å². The van der Waals surface area contributed by atoms with Crippen molar-refractivity contribution in [3.05, 3.63) is 0 Å². The minimum atomic E-state index is 0.0474. The molecule has 0 aliphatic carbocycles. The standard InChI is InChI=1S/C9H14N2O/c1-3-4-9(12)11(2)8-5-6-10-7-8/h1,8,10H,4-7H2,2H3. The van der Waals surface area contributed by atoms with Gasteiger partial charge in [0.1, 0.15) is 0 Å². The Morgan fingerprint density at radius 3 is 3.08 bits per heavy atom. The fraction of sp³-hybridized carbons (Fsp3) is 0.667. The molecule has 0 bridgehead atoms. The Morgan fingerprint density at radius 2 is 2.58 bits per heavy atom. The molecule has 3 nitrogen and oxygen atoms in total. The number of carbonyl (C=O) groups is 1. The smallest absolute Gasteiger partial charge is 0.234 e. The van der Waals surface area contributed by atoms with Gasteiger partial charge in [-0.05, 0) is 13.0 Å². The molecule has 0 saturated carbocycles. The van der Waals surface area contributed by atoms with Crippen LogP contribution in [0.3, 0.4) is 0 Å². The highest BCUT2D eigenvalue weighted by atomic mass is 16.2. The summed E-state index contributed by atoms with van der Waals surface area (Å²) >= 11 is 0. The molecule has 0 spiro atoms. The van der Waals surface area contributed by atoms with Crippen molar-refractivity contribution in [1.29, 1.82) is 0 Å². The van der Waals surface area contributed by atoms with E-state index in [1.165, 1.54) is 0 Å². The zero-order valence-corrected chi connectivity index (χ0v) is 7.34. The maximum absolute atomic E-state index is 11.3. The third kappa shape index (κ3) is 1.99. The molecule has 1 amide bonds. The Kier molecular flexibility index (Phi) is 3.12. The molecule has 1 atom stereocenters. The van der Waals surface area contributed by atoms with Crippen LogP contribution in [0, 0.1) is 12.3 Å². The maximum Gasteiger partial charge on any atom is 0.234 e. The molecule has 1 aliphatic heterocycles. The van der Waals surface area contributed by atoms with Crippen molar-refractivity contribution in [2.24, 2.45) is 0 Å².